The number of hydrogen-bond donors (Lipinski definition) is 1. The lowest BCUT2D eigenvalue weighted by atomic mass is 9.74. The monoisotopic (exact) mass is 455 g/mol. The van der Waals surface area contributed by atoms with Crippen molar-refractivity contribution in [3.63, 3.8) is 0 Å². The standard InChI is InChI=1S/C24H26ClN3O2S/c1-14-19-15(2)27-21(16-6-7-16)28-23(19)31-20(14)22(29)26-13-24(8-10-30-11-9-24)17-4-3-5-18(25)12-17/h3-5,12,16H,6-11,13H2,1-2H3,(H,26,29). The second-order valence-corrected chi connectivity index (χ2v) is 10.2. The zero-order valence-corrected chi connectivity index (χ0v) is 19.4. The Kier molecular flexibility index (Phi) is 5.49. The minimum absolute atomic E-state index is 0.0410. The molecule has 31 heavy (non-hydrogen) atoms. The zero-order chi connectivity index (χ0) is 21.6. The number of carbonyl (C=O) groups is 1. The molecule has 162 valence electrons. The van der Waals surface area contributed by atoms with Gasteiger partial charge in [0.05, 0.1) is 10.6 Å². The summed E-state index contributed by atoms with van der Waals surface area (Å²) in [6, 6.07) is 7.98. The number of benzene rings is 1. The topological polar surface area (TPSA) is 64.1 Å². The molecule has 0 unspecified atom stereocenters. The quantitative estimate of drug-likeness (QED) is 0.565. The maximum absolute atomic E-state index is 13.3. The van der Waals surface area contributed by atoms with Gasteiger partial charge in [-0.15, -0.1) is 11.3 Å². The van der Waals surface area contributed by atoms with Gasteiger partial charge in [0.15, 0.2) is 0 Å². The highest BCUT2D eigenvalue weighted by atomic mass is 35.5. The molecular formula is C24H26ClN3O2S. The van der Waals surface area contributed by atoms with Crippen LogP contribution in [-0.2, 0) is 10.2 Å². The Hall–Kier alpha value is -2.02. The summed E-state index contributed by atoms with van der Waals surface area (Å²) in [6.45, 7) is 5.95. The summed E-state index contributed by atoms with van der Waals surface area (Å²) in [5.74, 6) is 1.38. The van der Waals surface area contributed by atoms with E-state index in [0.717, 1.165) is 68.4 Å². The predicted molar refractivity (Wildman–Crippen MR) is 124 cm³/mol. The van der Waals surface area contributed by atoms with Crippen molar-refractivity contribution in [1.29, 1.82) is 0 Å². The highest BCUT2D eigenvalue weighted by Gasteiger charge is 2.35. The summed E-state index contributed by atoms with van der Waals surface area (Å²) in [7, 11) is 0. The van der Waals surface area contributed by atoms with E-state index in [1.807, 2.05) is 32.0 Å². The molecule has 1 saturated carbocycles. The lowest BCUT2D eigenvalue weighted by Gasteiger charge is -2.38. The molecule has 5 nitrogen and oxygen atoms in total. The van der Waals surface area contributed by atoms with E-state index in [2.05, 4.69) is 11.4 Å². The molecule has 0 spiro atoms. The smallest absolute Gasteiger partial charge is 0.261 e. The molecule has 3 heterocycles. The van der Waals surface area contributed by atoms with Crippen LogP contribution in [0.4, 0.5) is 0 Å². The van der Waals surface area contributed by atoms with Crippen molar-refractivity contribution in [2.75, 3.05) is 19.8 Å². The molecule has 0 radical (unpaired) electrons. The van der Waals surface area contributed by atoms with Crippen LogP contribution in [0.15, 0.2) is 24.3 Å². The summed E-state index contributed by atoms with van der Waals surface area (Å²) < 4.78 is 5.62. The SMILES string of the molecule is Cc1nc(C2CC2)nc2sc(C(=O)NCC3(c4cccc(Cl)c4)CCOCC3)c(C)c12. The number of hydrogen-bond acceptors (Lipinski definition) is 5. The van der Waals surface area contributed by atoms with Crippen LogP contribution in [0.3, 0.4) is 0 Å². The first-order chi connectivity index (χ1) is 15.0. The van der Waals surface area contributed by atoms with Gasteiger partial charge in [-0.2, -0.15) is 0 Å². The van der Waals surface area contributed by atoms with E-state index in [0.29, 0.717) is 25.7 Å². The van der Waals surface area contributed by atoms with Crippen LogP contribution in [0.25, 0.3) is 10.2 Å². The van der Waals surface area contributed by atoms with Gasteiger partial charge in [0, 0.05) is 41.5 Å². The lowest BCUT2D eigenvalue weighted by Crippen LogP contribution is -2.44. The van der Waals surface area contributed by atoms with E-state index < -0.39 is 0 Å². The number of amides is 1. The third-order valence-corrected chi connectivity index (χ3v) is 8.03. The molecule has 7 heteroatoms. The van der Waals surface area contributed by atoms with Crippen molar-refractivity contribution in [2.24, 2.45) is 0 Å². The van der Waals surface area contributed by atoms with Crippen LogP contribution < -0.4 is 5.32 Å². The first-order valence-corrected chi connectivity index (χ1v) is 12.1. The van der Waals surface area contributed by atoms with Gasteiger partial charge in [-0.1, -0.05) is 23.7 Å². The molecule has 5 rings (SSSR count). The van der Waals surface area contributed by atoms with Gasteiger partial charge in [-0.05, 0) is 62.8 Å². The molecule has 1 aromatic carbocycles. The van der Waals surface area contributed by atoms with Crippen molar-refractivity contribution >= 4 is 39.1 Å². The largest absolute Gasteiger partial charge is 0.381 e. The number of thiophene rings is 1. The van der Waals surface area contributed by atoms with Crippen molar-refractivity contribution < 1.29 is 9.53 Å². The van der Waals surface area contributed by atoms with E-state index >= 15 is 0 Å². The second-order valence-electron chi connectivity index (χ2n) is 8.76. The highest BCUT2D eigenvalue weighted by Crippen LogP contribution is 2.41. The summed E-state index contributed by atoms with van der Waals surface area (Å²) in [6.07, 6.45) is 4.04. The van der Waals surface area contributed by atoms with E-state index in [4.69, 9.17) is 26.3 Å². The Morgan fingerprint density at radius 3 is 2.74 bits per heavy atom. The van der Waals surface area contributed by atoms with Crippen LogP contribution in [-0.4, -0.2) is 35.6 Å². The summed E-state index contributed by atoms with van der Waals surface area (Å²) in [4.78, 5) is 24.4. The number of halogens is 1. The molecule has 0 bridgehead atoms. The van der Waals surface area contributed by atoms with Crippen LogP contribution in [0.1, 0.15) is 63.9 Å². The van der Waals surface area contributed by atoms with E-state index in [1.54, 1.807) is 0 Å². The van der Waals surface area contributed by atoms with E-state index in [-0.39, 0.29) is 11.3 Å². The van der Waals surface area contributed by atoms with Gasteiger partial charge in [-0.25, -0.2) is 9.97 Å². The van der Waals surface area contributed by atoms with E-state index in [9.17, 15) is 4.79 Å². The summed E-state index contributed by atoms with van der Waals surface area (Å²) in [5, 5.41) is 4.96. The molecule has 1 amide bonds. The van der Waals surface area contributed by atoms with Crippen LogP contribution in [0.2, 0.25) is 5.02 Å². The zero-order valence-electron chi connectivity index (χ0n) is 17.8. The van der Waals surface area contributed by atoms with Gasteiger partial charge in [0.1, 0.15) is 10.7 Å². The summed E-state index contributed by atoms with van der Waals surface area (Å²) >= 11 is 7.76. The molecule has 1 saturated heterocycles. The average Bonchev–Trinajstić information content (AvgIpc) is 3.56. The van der Waals surface area contributed by atoms with Crippen molar-refractivity contribution in [2.45, 2.75) is 50.9 Å². The van der Waals surface area contributed by atoms with E-state index in [1.165, 1.54) is 11.3 Å². The fraction of sp³-hybridized carbons (Fsp3) is 0.458. The minimum atomic E-state index is -0.168. The van der Waals surface area contributed by atoms with Crippen LogP contribution in [0.5, 0.6) is 0 Å². The first kappa shape index (κ1) is 20.9. The fourth-order valence-electron chi connectivity index (χ4n) is 4.58. The molecule has 1 aliphatic heterocycles. The number of aryl methyl sites for hydroxylation is 2. The Bertz CT molecular complexity index is 1150. The molecule has 2 aliphatic rings. The van der Waals surface area contributed by atoms with Gasteiger partial charge >= 0.3 is 0 Å². The van der Waals surface area contributed by atoms with Crippen molar-refractivity contribution in [3.8, 4) is 0 Å². The molecule has 3 aromatic rings. The third kappa shape index (κ3) is 3.97. The van der Waals surface area contributed by atoms with Crippen molar-refractivity contribution in [3.05, 3.63) is 56.8 Å². The summed E-state index contributed by atoms with van der Waals surface area (Å²) in [5.41, 5.74) is 2.94. The number of nitrogens with one attached hydrogen (secondary N) is 1. The number of fused-ring (bicyclic) bond motifs is 1. The van der Waals surface area contributed by atoms with Gasteiger partial charge in [-0.3, -0.25) is 4.79 Å². The number of rotatable bonds is 5. The number of carbonyl (C=O) groups excluding carboxylic acids is 1. The van der Waals surface area contributed by atoms with Crippen LogP contribution >= 0.6 is 22.9 Å². The Morgan fingerprint density at radius 2 is 2.03 bits per heavy atom. The third-order valence-electron chi connectivity index (χ3n) is 6.61. The maximum Gasteiger partial charge on any atom is 0.261 e. The highest BCUT2D eigenvalue weighted by molar-refractivity contribution is 7.20. The normalized spacial score (nSPS) is 18.3. The fourth-order valence-corrected chi connectivity index (χ4v) is 5.92. The van der Waals surface area contributed by atoms with Gasteiger partial charge in [0.2, 0.25) is 0 Å². The maximum atomic E-state index is 13.3. The number of aromatic nitrogens is 2. The predicted octanol–water partition coefficient (Wildman–Crippen LogP) is 5.32. The Labute approximate surface area is 191 Å². The Morgan fingerprint density at radius 1 is 1.26 bits per heavy atom. The molecular weight excluding hydrogens is 430 g/mol. The number of ether oxygens (including phenoxy) is 1. The minimum Gasteiger partial charge on any atom is -0.381 e. The van der Waals surface area contributed by atoms with Gasteiger partial charge in [0.25, 0.3) is 5.91 Å². The molecule has 1 aliphatic carbocycles. The van der Waals surface area contributed by atoms with Crippen LogP contribution in [0, 0.1) is 13.8 Å². The molecule has 2 aromatic heterocycles. The van der Waals surface area contributed by atoms with Gasteiger partial charge < -0.3 is 10.1 Å². The average molecular weight is 456 g/mol. The Balaban J connectivity index is 1.42. The number of nitrogens with zero attached hydrogens (tertiary/aromatic N) is 2. The second kappa shape index (κ2) is 8.15. The molecule has 2 fully saturated rings. The first-order valence-electron chi connectivity index (χ1n) is 10.9. The molecule has 1 N–H and O–H groups in total. The van der Waals surface area contributed by atoms with Crippen molar-refractivity contribution in [1.82, 2.24) is 15.3 Å². The molecule has 0 atom stereocenters. The lowest BCUT2D eigenvalue weighted by molar-refractivity contribution is 0.0487.